The van der Waals surface area contributed by atoms with Crippen molar-refractivity contribution in [2.24, 2.45) is 22.9 Å². The first-order valence-electron chi connectivity index (χ1n) is 15.4. The van der Waals surface area contributed by atoms with Gasteiger partial charge in [0.15, 0.2) is 5.82 Å². The van der Waals surface area contributed by atoms with Crippen LogP contribution in [0.2, 0.25) is 0 Å². The number of hydrogen-bond donors (Lipinski definition) is 3. The van der Waals surface area contributed by atoms with E-state index in [1.807, 2.05) is 7.05 Å². The number of nitrogens with zero attached hydrogens (tertiary/aromatic N) is 5. The number of nitrogens with one attached hydrogen (secondary N) is 1. The predicted molar refractivity (Wildman–Crippen MR) is 165 cm³/mol. The third-order valence-electron chi connectivity index (χ3n) is 9.49. The summed E-state index contributed by atoms with van der Waals surface area (Å²) in [6.07, 6.45) is 11.0. The van der Waals surface area contributed by atoms with Crippen LogP contribution in [0.5, 0.6) is 5.75 Å². The van der Waals surface area contributed by atoms with E-state index in [4.69, 9.17) is 21.3 Å². The molecule has 0 radical (unpaired) electrons. The topological polar surface area (TPSA) is 143 Å². The minimum atomic E-state index is -0.315. The highest BCUT2D eigenvalue weighted by molar-refractivity contribution is 6.03. The van der Waals surface area contributed by atoms with Crippen molar-refractivity contribution in [3.63, 3.8) is 0 Å². The van der Waals surface area contributed by atoms with E-state index >= 15 is 0 Å². The van der Waals surface area contributed by atoms with Crippen LogP contribution in [0.3, 0.4) is 0 Å². The number of benzene rings is 1. The Labute approximate surface area is 248 Å². The molecule has 5 N–H and O–H groups in total. The largest absolute Gasteiger partial charge is 0.495 e. The Balaban J connectivity index is 1.41. The molecule has 5 rings (SSSR count). The fraction of sp³-hybridized carbons (Fsp3) is 0.613. The Morgan fingerprint density at radius 1 is 1.26 bits per heavy atom. The molecule has 2 amide bonds. The van der Waals surface area contributed by atoms with Crippen LogP contribution < -0.4 is 31.4 Å². The molecule has 228 valence electrons. The highest BCUT2D eigenvalue weighted by Crippen LogP contribution is 2.52. The summed E-state index contributed by atoms with van der Waals surface area (Å²) in [6.45, 7) is 5.22. The van der Waals surface area contributed by atoms with Gasteiger partial charge >= 0.3 is 0 Å². The molecule has 3 aliphatic rings. The van der Waals surface area contributed by atoms with Crippen LogP contribution in [0.25, 0.3) is 0 Å². The second kappa shape index (κ2) is 12.4. The zero-order valence-electron chi connectivity index (χ0n) is 25.4. The van der Waals surface area contributed by atoms with E-state index < -0.39 is 0 Å². The number of carbonyl (C=O) groups is 2. The van der Waals surface area contributed by atoms with Crippen LogP contribution in [0, 0.1) is 11.3 Å². The number of aromatic nitrogens is 2. The minimum absolute atomic E-state index is 0.154. The second-order valence-corrected chi connectivity index (χ2v) is 12.1. The molecule has 0 bridgehead atoms. The number of rotatable bonds is 11. The lowest BCUT2D eigenvalue weighted by atomic mass is 9.91. The van der Waals surface area contributed by atoms with Crippen molar-refractivity contribution in [1.82, 2.24) is 15.0 Å². The monoisotopic (exact) mass is 578 g/mol. The van der Waals surface area contributed by atoms with Crippen molar-refractivity contribution >= 4 is 35.0 Å². The van der Waals surface area contributed by atoms with Crippen LogP contribution in [0.1, 0.15) is 82.0 Å². The molecule has 2 heterocycles. The summed E-state index contributed by atoms with van der Waals surface area (Å²) < 4.78 is 5.67. The standard InChI is InChI=1S/C31H46N8O3/c1-5-9-20(6-2)24(17-32)39(33)28(40)21-12-13-23(26(16-21)42-4)35-30-34-18-25-27(36-30)38(22-10-7-8-11-22)19-31(14-15-31)29(41)37(25)3/h12-13,16,18,20,22,24H,5-11,14-15,17,19,32-33H2,1-4H3,(H,34,35,36)/t20?,24-/m1/s1. The van der Waals surface area contributed by atoms with E-state index in [0.29, 0.717) is 42.1 Å². The van der Waals surface area contributed by atoms with Gasteiger partial charge in [-0.15, -0.1) is 0 Å². The molecule has 2 fully saturated rings. The zero-order valence-corrected chi connectivity index (χ0v) is 25.4. The highest BCUT2D eigenvalue weighted by Gasteiger charge is 2.55. The van der Waals surface area contributed by atoms with Crippen molar-refractivity contribution in [2.75, 3.05) is 42.4 Å². The summed E-state index contributed by atoms with van der Waals surface area (Å²) in [4.78, 5) is 40.4. The van der Waals surface area contributed by atoms with E-state index in [9.17, 15) is 9.59 Å². The number of fused-ring (bicyclic) bond motifs is 1. The van der Waals surface area contributed by atoms with E-state index in [1.54, 1.807) is 36.4 Å². The summed E-state index contributed by atoms with van der Waals surface area (Å²) in [6, 6.07) is 5.29. The lowest BCUT2D eigenvalue weighted by Crippen LogP contribution is -2.52. The third kappa shape index (κ3) is 5.64. The van der Waals surface area contributed by atoms with Crippen LogP contribution in [0.4, 0.5) is 23.1 Å². The maximum Gasteiger partial charge on any atom is 0.268 e. The molecule has 42 heavy (non-hydrogen) atoms. The summed E-state index contributed by atoms with van der Waals surface area (Å²) in [7, 11) is 3.39. The van der Waals surface area contributed by atoms with Gasteiger partial charge in [-0.2, -0.15) is 4.98 Å². The van der Waals surface area contributed by atoms with Gasteiger partial charge in [-0.05, 0) is 56.2 Å². The molecule has 2 atom stereocenters. The Morgan fingerprint density at radius 2 is 2.00 bits per heavy atom. The number of nitrogens with two attached hydrogens (primary N) is 2. The van der Waals surface area contributed by atoms with Gasteiger partial charge in [-0.1, -0.05) is 39.5 Å². The van der Waals surface area contributed by atoms with Gasteiger partial charge in [0.05, 0.1) is 30.5 Å². The molecule has 1 aromatic carbocycles. The SMILES string of the molecule is CCCC(CC)[C@@H](CN)N(N)C(=O)c1ccc(Nc2ncc3c(n2)N(C2CCCC2)CC2(CC2)C(=O)N3C)c(OC)c1. The van der Waals surface area contributed by atoms with Crippen molar-refractivity contribution in [3.8, 4) is 5.75 Å². The average molecular weight is 579 g/mol. The van der Waals surface area contributed by atoms with Gasteiger partial charge in [0.25, 0.3) is 5.91 Å². The molecular formula is C31H46N8O3. The Kier molecular flexibility index (Phi) is 8.89. The lowest BCUT2D eigenvalue weighted by Gasteiger charge is -2.33. The quantitative estimate of drug-likeness (QED) is 0.203. The van der Waals surface area contributed by atoms with Gasteiger partial charge in [-0.3, -0.25) is 14.6 Å². The predicted octanol–water partition coefficient (Wildman–Crippen LogP) is 4.20. The first-order chi connectivity index (χ1) is 20.3. The number of amides is 2. The van der Waals surface area contributed by atoms with Crippen molar-refractivity contribution in [3.05, 3.63) is 30.0 Å². The Bertz CT molecular complexity index is 1290. The van der Waals surface area contributed by atoms with Gasteiger partial charge in [0, 0.05) is 31.7 Å². The highest BCUT2D eigenvalue weighted by atomic mass is 16.5. The summed E-state index contributed by atoms with van der Waals surface area (Å²) in [5.74, 6) is 8.08. The maximum atomic E-state index is 13.4. The van der Waals surface area contributed by atoms with Crippen LogP contribution in [0.15, 0.2) is 24.4 Å². The van der Waals surface area contributed by atoms with Gasteiger partial charge in [-0.25, -0.2) is 10.8 Å². The maximum absolute atomic E-state index is 13.4. The Morgan fingerprint density at radius 3 is 2.62 bits per heavy atom. The smallest absolute Gasteiger partial charge is 0.268 e. The van der Waals surface area contributed by atoms with E-state index in [-0.39, 0.29) is 29.2 Å². The number of anilines is 4. The molecule has 1 aromatic heterocycles. The molecule has 0 saturated heterocycles. The summed E-state index contributed by atoms with van der Waals surface area (Å²) in [5.41, 5.74) is 7.51. The molecule has 1 unspecified atom stereocenters. The van der Waals surface area contributed by atoms with Gasteiger partial charge < -0.3 is 25.6 Å². The first kappa shape index (κ1) is 30.0. The molecule has 2 aliphatic carbocycles. The molecule has 11 heteroatoms. The summed E-state index contributed by atoms with van der Waals surface area (Å²) >= 11 is 0. The number of hydrazine groups is 1. The Hall–Kier alpha value is -3.44. The molecule has 2 aromatic rings. The molecule has 2 saturated carbocycles. The normalized spacial score (nSPS) is 19.3. The summed E-state index contributed by atoms with van der Waals surface area (Å²) in [5, 5.41) is 4.57. The number of methoxy groups -OCH3 is 1. The van der Waals surface area contributed by atoms with Crippen LogP contribution >= 0.6 is 0 Å². The number of ether oxygens (including phenoxy) is 1. The van der Waals surface area contributed by atoms with Crippen molar-refractivity contribution in [1.29, 1.82) is 0 Å². The van der Waals surface area contributed by atoms with E-state index in [0.717, 1.165) is 56.5 Å². The zero-order chi connectivity index (χ0) is 30.0. The van der Waals surface area contributed by atoms with Crippen molar-refractivity contribution < 1.29 is 14.3 Å². The van der Waals surface area contributed by atoms with Crippen LogP contribution in [-0.4, -0.2) is 66.1 Å². The van der Waals surface area contributed by atoms with E-state index in [2.05, 4.69) is 29.0 Å². The molecule has 11 nitrogen and oxygen atoms in total. The third-order valence-corrected chi connectivity index (χ3v) is 9.49. The second-order valence-electron chi connectivity index (χ2n) is 12.1. The fourth-order valence-electron chi connectivity index (χ4n) is 6.77. The first-order valence-corrected chi connectivity index (χ1v) is 15.4. The fourth-order valence-corrected chi connectivity index (χ4v) is 6.77. The van der Waals surface area contributed by atoms with Crippen LogP contribution in [-0.2, 0) is 4.79 Å². The van der Waals surface area contributed by atoms with Gasteiger partial charge in [0.2, 0.25) is 11.9 Å². The number of hydrogen-bond acceptors (Lipinski definition) is 9. The van der Waals surface area contributed by atoms with Crippen molar-refractivity contribution in [2.45, 2.75) is 83.7 Å². The average Bonchev–Trinajstić information content (AvgIpc) is 3.61. The molecular weight excluding hydrogens is 532 g/mol. The van der Waals surface area contributed by atoms with E-state index in [1.165, 1.54) is 17.9 Å². The minimum Gasteiger partial charge on any atom is -0.495 e. The molecule has 1 spiro atoms. The van der Waals surface area contributed by atoms with Gasteiger partial charge in [0.1, 0.15) is 11.4 Å². The molecule has 1 aliphatic heterocycles. The lowest BCUT2D eigenvalue weighted by molar-refractivity contribution is -0.122. The number of carbonyl (C=O) groups excluding carboxylic acids is 2.